The normalized spacial score (nSPS) is 22.4. The van der Waals surface area contributed by atoms with E-state index in [0.717, 1.165) is 12.3 Å². The molecule has 27 heavy (non-hydrogen) atoms. The van der Waals surface area contributed by atoms with E-state index in [-0.39, 0.29) is 0 Å². The highest BCUT2D eigenvalue weighted by atomic mass is 14.3. The van der Waals surface area contributed by atoms with Gasteiger partial charge in [-0.1, -0.05) is 95.7 Å². The summed E-state index contributed by atoms with van der Waals surface area (Å²) < 4.78 is 0. The van der Waals surface area contributed by atoms with Crippen molar-refractivity contribution in [3.63, 3.8) is 0 Å². The predicted octanol–water partition coefficient (Wildman–Crippen LogP) is 7.98. The van der Waals surface area contributed by atoms with Crippen molar-refractivity contribution >= 4 is 27.6 Å². The van der Waals surface area contributed by atoms with Gasteiger partial charge in [-0.25, -0.2) is 0 Å². The molecule has 0 heteroatoms. The van der Waals surface area contributed by atoms with Gasteiger partial charge in [0.05, 0.1) is 0 Å². The van der Waals surface area contributed by atoms with E-state index in [1.54, 1.807) is 0 Å². The molecule has 3 atom stereocenters. The van der Waals surface area contributed by atoms with Crippen molar-refractivity contribution in [1.29, 1.82) is 0 Å². The number of benzene rings is 3. The predicted molar refractivity (Wildman–Crippen MR) is 120 cm³/mol. The minimum absolute atomic E-state index is 0.599. The number of fused-ring (bicyclic) bond motifs is 5. The van der Waals surface area contributed by atoms with Gasteiger partial charge < -0.3 is 0 Å². The van der Waals surface area contributed by atoms with Crippen molar-refractivity contribution in [2.24, 2.45) is 17.8 Å². The summed E-state index contributed by atoms with van der Waals surface area (Å²) in [6, 6.07) is 16.4. The summed E-state index contributed by atoms with van der Waals surface area (Å²) in [4.78, 5) is 0. The Morgan fingerprint density at radius 2 is 1.63 bits per heavy atom. The van der Waals surface area contributed by atoms with E-state index >= 15 is 0 Å². The highest BCUT2D eigenvalue weighted by molar-refractivity contribution is 6.10. The van der Waals surface area contributed by atoms with Crippen molar-refractivity contribution in [1.82, 2.24) is 0 Å². The first-order valence-electron chi connectivity index (χ1n) is 10.7. The van der Waals surface area contributed by atoms with Crippen LogP contribution in [-0.2, 0) is 6.42 Å². The Balaban J connectivity index is 1.95. The number of hydrogen-bond donors (Lipinski definition) is 0. The highest BCUT2D eigenvalue weighted by Gasteiger charge is 2.26. The van der Waals surface area contributed by atoms with E-state index in [1.165, 1.54) is 44.7 Å². The molecule has 3 aromatic rings. The SMILES string of the molecule is CCC1C(C)C=Cc2c(ccc3c2ccc2ccc(CC(C)C)cc23)C1C. The van der Waals surface area contributed by atoms with Crippen LogP contribution in [0.5, 0.6) is 0 Å². The van der Waals surface area contributed by atoms with E-state index in [0.29, 0.717) is 17.8 Å². The minimum Gasteiger partial charge on any atom is -0.0808 e. The summed E-state index contributed by atoms with van der Waals surface area (Å²) in [6.45, 7) is 11.7. The molecule has 1 aliphatic rings. The lowest BCUT2D eigenvalue weighted by molar-refractivity contribution is 0.352. The van der Waals surface area contributed by atoms with Crippen LogP contribution in [0.3, 0.4) is 0 Å². The van der Waals surface area contributed by atoms with Crippen molar-refractivity contribution in [2.45, 2.75) is 53.4 Å². The van der Waals surface area contributed by atoms with Gasteiger partial charge in [0, 0.05) is 0 Å². The van der Waals surface area contributed by atoms with Crippen LogP contribution in [0.1, 0.15) is 63.6 Å². The maximum absolute atomic E-state index is 2.44. The van der Waals surface area contributed by atoms with Gasteiger partial charge in [-0.05, 0) is 68.3 Å². The molecule has 3 unspecified atom stereocenters. The molecule has 1 aliphatic carbocycles. The van der Waals surface area contributed by atoms with Gasteiger partial charge in [0.15, 0.2) is 0 Å². The molecule has 0 N–H and O–H groups in total. The van der Waals surface area contributed by atoms with Crippen molar-refractivity contribution < 1.29 is 0 Å². The molecular weight excluding hydrogens is 324 g/mol. The van der Waals surface area contributed by atoms with Crippen LogP contribution in [0.15, 0.2) is 48.5 Å². The molecule has 4 rings (SSSR count). The molecule has 3 aromatic carbocycles. The zero-order valence-electron chi connectivity index (χ0n) is 17.4. The Hall–Kier alpha value is -2.08. The molecule has 0 amide bonds. The third kappa shape index (κ3) is 3.20. The molecule has 0 saturated carbocycles. The first-order valence-corrected chi connectivity index (χ1v) is 10.7. The molecule has 0 fully saturated rings. The monoisotopic (exact) mass is 356 g/mol. The van der Waals surface area contributed by atoms with Crippen LogP contribution in [0.2, 0.25) is 0 Å². The molecule has 0 nitrogen and oxygen atoms in total. The molecule has 0 spiro atoms. The molecule has 0 heterocycles. The average molecular weight is 357 g/mol. The molecule has 0 bridgehead atoms. The van der Waals surface area contributed by atoms with Crippen LogP contribution in [0, 0.1) is 17.8 Å². The molecule has 0 aromatic heterocycles. The second-order valence-corrected chi connectivity index (χ2v) is 8.96. The van der Waals surface area contributed by atoms with E-state index in [9.17, 15) is 0 Å². The summed E-state index contributed by atoms with van der Waals surface area (Å²) in [5.41, 5.74) is 4.41. The van der Waals surface area contributed by atoms with Crippen LogP contribution in [0.4, 0.5) is 0 Å². The second-order valence-electron chi connectivity index (χ2n) is 8.96. The summed E-state index contributed by atoms with van der Waals surface area (Å²) in [5, 5.41) is 5.56. The third-order valence-corrected chi connectivity index (χ3v) is 6.65. The fraction of sp³-hybridized carbons (Fsp3) is 0.407. The van der Waals surface area contributed by atoms with Crippen LogP contribution in [0.25, 0.3) is 27.6 Å². The summed E-state index contributed by atoms with van der Waals surface area (Å²) in [7, 11) is 0. The Labute approximate surface area is 164 Å². The molecule has 0 aliphatic heterocycles. The quantitative estimate of drug-likeness (QED) is 0.417. The Kier molecular flexibility index (Phi) is 4.84. The molecule has 0 saturated heterocycles. The maximum atomic E-state index is 2.44. The lowest BCUT2D eigenvalue weighted by Gasteiger charge is -2.26. The zero-order valence-corrected chi connectivity index (χ0v) is 17.4. The molecular formula is C27H32. The van der Waals surface area contributed by atoms with Crippen molar-refractivity contribution in [3.05, 3.63) is 65.2 Å². The fourth-order valence-corrected chi connectivity index (χ4v) is 5.21. The largest absolute Gasteiger partial charge is 0.0808 e. The van der Waals surface area contributed by atoms with Crippen LogP contribution >= 0.6 is 0 Å². The number of hydrogen-bond acceptors (Lipinski definition) is 0. The average Bonchev–Trinajstić information content (AvgIpc) is 2.77. The lowest BCUT2D eigenvalue weighted by atomic mass is 9.78. The first kappa shape index (κ1) is 18.3. The molecule has 0 radical (unpaired) electrons. The fourth-order valence-electron chi connectivity index (χ4n) is 5.21. The minimum atomic E-state index is 0.599. The van der Waals surface area contributed by atoms with Gasteiger partial charge in [0.25, 0.3) is 0 Å². The van der Waals surface area contributed by atoms with Crippen LogP contribution in [-0.4, -0.2) is 0 Å². The van der Waals surface area contributed by atoms with Gasteiger partial charge in [0.1, 0.15) is 0 Å². The standard InChI is InChI=1S/C27H32/c1-6-22-18(4)7-11-24-23(19(22)5)13-14-26-25(24)12-10-21-9-8-20(15-17(2)3)16-27(21)26/h7-14,16-19,22H,6,15H2,1-5H3. The number of allylic oxidation sites excluding steroid dienone is 1. The summed E-state index contributed by atoms with van der Waals surface area (Å²) >= 11 is 0. The second kappa shape index (κ2) is 7.15. The van der Waals surface area contributed by atoms with Crippen molar-refractivity contribution in [3.8, 4) is 0 Å². The Morgan fingerprint density at radius 3 is 2.37 bits per heavy atom. The van der Waals surface area contributed by atoms with Gasteiger partial charge in [0.2, 0.25) is 0 Å². The van der Waals surface area contributed by atoms with E-state index < -0.39 is 0 Å². The van der Waals surface area contributed by atoms with E-state index in [2.05, 4.69) is 89.2 Å². The van der Waals surface area contributed by atoms with Gasteiger partial charge >= 0.3 is 0 Å². The Morgan fingerprint density at radius 1 is 0.889 bits per heavy atom. The maximum Gasteiger partial charge on any atom is -0.00991 e. The van der Waals surface area contributed by atoms with Crippen LogP contribution < -0.4 is 0 Å². The topological polar surface area (TPSA) is 0 Å². The van der Waals surface area contributed by atoms with E-state index in [4.69, 9.17) is 0 Å². The number of rotatable bonds is 3. The van der Waals surface area contributed by atoms with Gasteiger partial charge in [-0.3, -0.25) is 0 Å². The summed E-state index contributed by atoms with van der Waals surface area (Å²) in [6.07, 6.45) is 7.22. The lowest BCUT2D eigenvalue weighted by Crippen LogP contribution is -2.15. The first-order chi connectivity index (χ1) is 13.0. The summed E-state index contributed by atoms with van der Waals surface area (Å²) in [5.74, 6) is 2.64. The van der Waals surface area contributed by atoms with Gasteiger partial charge in [-0.2, -0.15) is 0 Å². The van der Waals surface area contributed by atoms with Crippen molar-refractivity contribution in [2.75, 3.05) is 0 Å². The smallest absolute Gasteiger partial charge is 0.00991 e. The Bertz CT molecular complexity index is 1010. The highest BCUT2D eigenvalue weighted by Crippen LogP contribution is 2.41. The third-order valence-electron chi connectivity index (χ3n) is 6.65. The molecule has 140 valence electrons. The zero-order chi connectivity index (χ0) is 19.1. The van der Waals surface area contributed by atoms with Gasteiger partial charge in [-0.15, -0.1) is 0 Å². The van der Waals surface area contributed by atoms with E-state index in [1.807, 2.05) is 0 Å².